The van der Waals surface area contributed by atoms with Gasteiger partial charge in [0.2, 0.25) is 0 Å². The molecule has 2 aromatic heterocycles. The van der Waals surface area contributed by atoms with Crippen LogP contribution in [-0.2, 0) is 4.74 Å². The molecule has 0 aliphatic rings. The molecule has 6 nitrogen and oxygen atoms in total. The van der Waals surface area contributed by atoms with E-state index in [4.69, 9.17) is 15.7 Å². The fraction of sp³-hybridized carbons (Fsp3) is 0.318. The molecule has 0 saturated carbocycles. The minimum absolute atomic E-state index is 0.157. The lowest BCUT2D eigenvalue weighted by molar-refractivity contribution is 0.106. The number of hydrogen-bond acceptors (Lipinski definition) is 5. The highest BCUT2D eigenvalue weighted by molar-refractivity contribution is 6.06. The summed E-state index contributed by atoms with van der Waals surface area (Å²) in [4.78, 5) is 8.97. The minimum atomic E-state index is 0.157. The summed E-state index contributed by atoms with van der Waals surface area (Å²) in [7, 11) is 0. The van der Waals surface area contributed by atoms with E-state index >= 15 is 0 Å². The van der Waals surface area contributed by atoms with Crippen molar-refractivity contribution in [1.29, 1.82) is 5.26 Å². The third kappa shape index (κ3) is 4.05. The normalized spacial score (nSPS) is 13.4. The summed E-state index contributed by atoms with van der Waals surface area (Å²) in [6.45, 7) is 5.18. The zero-order chi connectivity index (χ0) is 19.9. The highest BCUT2D eigenvalue weighted by Gasteiger charge is 2.17. The topological polar surface area (TPSA) is 89.8 Å². The number of imidazole rings is 1. The van der Waals surface area contributed by atoms with Crippen LogP contribution in [0, 0.1) is 11.3 Å². The van der Waals surface area contributed by atoms with Gasteiger partial charge >= 0.3 is 0 Å². The average molecular weight is 375 g/mol. The van der Waals surface area contributed by atoms with Gasteiger partial charge in [0.15, 0.2) is 5.82 Å². The number of anilines is 1. The standard InChI is InChI=1S/C22H25N5O/c1-3-16(13-23)9-7-8-12-28-14-17(4-2)27-15-25-20-21(27)18-10-5-6-11-19(18)26-22(20)24/h3,5-7,9-11,15,17H,4,8,12,14H2,1-2H3,(H2,24,26)/b9-7-,16-3+. The minimum Gasteiger partial charge on any atom is -0.382 e. The van der Waals surface area contributed by atoms with Crippen LogP contribution in [0.4, 0.5) is 5.82 Å². The number of benzene rings is 1. The van der Waals surface area contributed by atoms with Crippen LogP contribution in [-0.4, -0.2) is 27.7 Å². The Labute approximate surface area is 164 Å². The summed E-state index contributed by atoms with van der Waals surface area (Å²) in [5.74, 6) is 0.450. The van der Waals surface area contributed by atoms with Crippen LogP contribution in [0.15, 0.2) is 54.4 Å². The molecule has 0 amide bonds. The van der Waals surface area contributed by atoms with Crippen LogP contribution in [0.25, 0.3) is 21.9 Å². The first-order valence-corrected chi connectivity index (χ1v) is 9.51. The molecule has 1 unspecified atom stereocenters. The van der Waals surface area contributed by atoms with Crippen molar-refractivity contribution in [2.24, 2.45) is 0 Å². The van der Waals surface area contributed by atoms with Crippen molar-refractivity contribution in [3.63, 3.8) is 0 Å². The van der Waals surface area contributed by atoms with Crippen molar-refractivity contribution in [2.45, 2.75) is 32.7 Å². The SMILES string of the molecule is C/C=C(C#N)\C=C/CCOCC(CC)n1cnc2c(N)nc3ccccc3c21. The number of allylic oxidation sites excluding steroid dienone is 3. The number of rotatable bonds is 8. The number of nitrogen functional groups attached to an aromatic ring is 1. The number of nitriles is 1. The largest absolute Gasteiger partial charge is 0.382 e. The number of nitrogens with zero attached hydrogens (tertiary/aromatic N) is 4. The molecule has 0 radical (unpaired) electrons. The Morgan fingerprint density at radius 1 is 1.39 bits per heavy atom. The lowest BCUT2D eigenvalue weighted by atomic mass is 10.1. The predicted octanol–water partition coefficient (Wildman–Crippen LogP) is 4.55. The quantitative estimate of drug-likeness (QED) is 0.354. The lowest BCUT2D eigenvalue weighted by Crippen LogP contribution is -2.14. The molecule has 2 heterocycles. The summed E-state index contributed by atoms with van der Waals surface area (Å²) in [5.41, 5.74) is 9.39. The highest BCUT2D eigenvalue weighted by atomic mass is 16.5. The van der Waals surface area contributed by atoms with E-state index in [-0.39, 0.29) is 6.04 Å². The monoisotopic (exact) mass is 375 g/mol. The fourth-order valence-electron chi connectivity index (χ4n) is 3.22. The molecule has 144 valence electrons. The highest BCUT2D eigenvalue weighted by Crippen LogP contribution is 2.30. The molecular formula is C22H25N5O. The van der Waals surface area contributed by atoms with Crippen LogP contribution in [0.1, 0.15) is 32.7 Å². The molecular weight excluding hydrogens is 350 g/mol. The van der Waals surface area contributed by atoms with E-state index in [0.717, 1.165) is 34.8 Å². The van der Waals surface area contributed by atoms with Crippen LogP contribution in [0.5, 0.6) is 0 Å². The number of aromatic nitrogens is 3. The molecule has 0 bridgehead atoms. The molecule has 28 heavy (non-hydrogen) atoms. The zero-order valence-corrected chi connectivity index (χ0v) is 16.3. The Kier molecular flexibility index (Phi) is 6.41. The number of hydrogen-bond donors (Lipinski definition) is 1. The van der Waals surface area contributed by atoms with E-state index in [2.05, 4.69) is 33.6 Å². The van der Waals surface area contributed by atoms with E-state index < -0.39 is 0 Å². The summed E-state index contributed by atoms with van der Waals surface area (Å²) in [6.07, 6.45) is 9.09. The fourth-order valence-corrected chi connectivity index (χ4v) is 3.22. The Balaban J connectivity index is 1.75. The number of nitrogens with two attached hydrogens (primary N) is 1. The van der Waals surface area contributed by atoms with Gasteiger partial charge in [-0.15, -0.1) is 0 Å². The Morgan fingerprint density at radius 3 is 2.96 bits per heavy atom. The van der Waals surface area contributed by atoms with Crippen molar-refractivity contribution in [1.82, 2.24) is 14.5 Å². The first kappa shape index (κ1) is 19.6. The van der Waals surface area contributed by atoms with E-state index in [9.17, 15) is 0 Å². The molecule has 0 fully saturated rings. The maximum Gasteiger partial charge on any atom is 0.152 e. The molecule has 0 spiro atoms. The summed E-state index contributed by atoms with van der Waals surface area (Å²) < 4.78 is 8.05. The van der Waals surface area contributed by atoms with Gasteiger partial charge < -0.3 is 15.0 Å². The Morgan fingerprint density at radius 2 is 2.21 bits per heavy atom. The number of pyridine rings is 1. The van der Waals surface area contributed by atoms with Crippen LogP contribution in [0.3, 0.4) is 0 Å². The number of ether oxygens (including phenoxy) is 1. The van der Waals surface area contributed by atoms with Gasteiger partial charge in [0.25, 0.3) is 0 Å². The van der Waals surface area contributed by atoms with Gasteiger partial charge in [0, 0.05) is 11.0 Å². The Hall–Kier alpha value is -3.17. The predicted molar refractivity (Wildman–Crippen MR) is 113 cm³/mol. The molecule has 2 N–H and O–H groups in total. The zero-order valence-electron chi connectivity index (χ0n) is 16.3. The molecule has 1 aromatic carbocycles. The van der Waals surface area contributed by atoms with Crippen molar-refractivity contribution >= 4 is 27.8 Å². The first-order chi connectivity index (χ1) is 13.7. The van der Waals surface area contributed by atoms with E-state index in [1.54, 1.807) is 6.08 Å². The number of para-hydroxylation sites is 1. The molecule has 3 aromatic rings. The van der Waals surface area contributed by atoms with Gasteiger partial charge in [-0.25, -0.2) is 9.97 Å². The van der Waals surface area contributed by atoms with Gasteiger partial charge in [-0.1, -0.05) is 37.3 Å². The van der Waals surface area contributed by atoms with Gasteiger partial charge in [-0.05, 0) is 31.9 Å². The van der Waals surface area contributed by atoms with Gasteiger partial charge in [0.05, 0.1) is 42.7 Å². The molecule has 1 atom stereocenters. The summed E-state index contributed by atoms with van der Waals surface area (Å²) >= 11 is 0. The van der Waals surface area contributed by atoms with Crippen LogP contribution < -0.4 is 5.73 Å². The molecule has 0 saturated heterocycles. The summed E-state index contributed by atoms with van der Waals surface area (Å²) in [5, 5.41) is 9.94. The maximum absolute atomic E-state index is 8.90. The van der Waals surface area contributed by atoms with Crippen LogP contribution in [0.2, 0.25) is 0 Å². The van der Waals surface area contributed by atoms with Gasteiger partial charge in [0.1, 0.15) is 5.52 Å². The summed E-state index contributed by atoms with van der Waals surface area (Å²) in [6, 6.07) is 10.3. The number of fused-ring (bicyclic) bond motifs is 3. The smallest absolute Gasteiger partial charge is 0.152 e. The Bertz CT molecular complexity index is 1060. The maximum atomic E-state index is 8.90. The van der Waals surface area contributed by atoms with Gasteiger partial charge in [-0.2, -0.15) is 5.26 Å². The third-order valence-corrected chi connectivity index (χ3v) is 4.78. The second kappa shape index (κ2) is 9.16. The average Bonchev–Trinajstić information content (AvgIpc) is 3.16. The molecule has 6 heteroatoms. The van der Waals surface area contributed by atoms with Crippen molar-refractivity contribution in [3.05, 3.63) is 54.4 Å². The van der Waals surface area contributed by atoms with Crippen molar-refractivity contribution in [3.8, 4) is 6.07 Å². The lowest BCUT2D eigenvalue weighted by Gasteiger charge is -2.18. The molecule has 0 aliphatic carbocycles. The van der Waals surface area contributed by atoms with E-state index in [1.165, 1.54) is 0 Å². The molecule has 0 aliphatic heterocycles. The third-order valence-electron chi connectivity index (χ3n) is 4.78. The second-order valence-corrected chi connectivity index (χ2v) is 6.55. The van der Waals surface area contributed by atoms with E-state index in [0.29, 0.717) is 24.6 Å². The van der Waals surface area contributed by atoms with Gasteiger partial charge in [-0.3, -0.25) is 0 Å². The van der Waals surface area contributed by atoms with Crippen molar-refractivity contribution in [2.75, 3.05) is 18.9 Å². The van der Waals surface area contributed by atoms with E-state index in [1.807, 2.05) is 43.6 Å². The molecule has 3 rings (SSSR count). The van der Waals surface area contributed by atoms with Crippen molar-refractivity contribution < 1.29 is 4.74 Å². The first-order valence-electron chi connectivity index (χ1n) is 9.51. The van der Waals surface area contributed by atoms with Crippen LogP contribution >= 0.6 is 0 Å². The second-order valence-electron chi connectivity index (χ2n) is 6.55.